The molecule has 0 bridgehead atoms. The van der Waals surface area contributed by atoms with Crippen LogP contribution in [-0.4, -0.2) is 192 Å². The van der Waals surface area contributed by atoms with Gasteiger partial charge in [-0.3, -0.25) is 9.48 Å². The number of rotatable bonds is 14. The molecule has 70 heavy (non-hydrogen) atoms. The number of aliphatic hydroxyl groups is 5. The Labute approximate surface area is 415 Å². The smallest absolute Gasteiger partial charge is 0.311 e. The Balaban J connectivity index is 1.41. The van der Waals surface area contributed by atoms with E-state index in [1.807, 2.05) is 74.9 Å². The second-order valence-electron chi connectivity index (χ2n) is 21.5. The summed E-state index contributed by atoms with van der Waals surface area (Å²) in [6, 6.07) is 6.86. The largest absolute Gasteiger partial charge is 0.459 e. The number of oxime groups is 1. The Morgan fingerprint density at radius 2 is 1.64 bits per heavy atom. The number of carbonyl (C=O) groups excluding carboxylic acids is 1. The molecule has 0 radical (unpaired) electrons. The van der Waals surface area contributed by atoms with Gasteiger partial charge in [0.1, 0.15) is 30.0 Å². The van der Waals surface area contributed by atoms with Crippen molar-refractivity contribution in [1.82, 2.24) is 24.8 Å². The normalized spacial score (nSPS) is 40.1. The van der Waals surface area contributed by atoms with Gasteiger partial charge in [0, 0.05) is 63.8 Å². The van der Waals surface area contributed by atoms with E-state index in [4.69, 9.17) is 33.6 Å². The van der Waals surface area contributed by atoms with Gasteiger partial charge in [-0.2, -0.15) is 0 Å². The molecular formula is C51H86N6O13. The number of carbonyl (C=O) groups is 1. The number of likely N-dealkylation sites (N-methyl/N-ethyl adjacent to an activating group) is 2. The summed E-state index contributed by atoms with van der Waals surface area (Å²) in [4.78, 5) is 18.5. The van der Waals surface area contributed by atoms with Crippen molar-refractivity contribution >= 4 is 11.7 Å². The lowest BCUT2D eigenvalue weighted by molar-refractivity contribution is -0.318. The number of aromatic nitrogens is 3. The highest BCUT2D eigenvalue weighted by Gasteiger charge is 2.53. The second-order valence-corrected chi connectivity index (χ2v) is 21.5. The van der Waals surface area contributed by atoms with Crippen LogP contribution in [0.4, 0.5) is 0 Å². The maximum Gasteiger partial charge on any atom is 0.311 e. The predicted octanol–water partition coefficient (Wildman–Crippen LogP) is 3.55. The molecule has 6 N–H and O–H groups in total. The molecule has 1 aromatic heterocycles. The van der Waals surface area contributed by atoms with Crippen LogP contribution >= 0.6 is 0 Å². The van der Waals surface area contributed by atoms with Crippen molar-refractivity contribution in [2.75, 3.05) is 34.3 Å². The summed E-state index contributed by atoms with van der Waals surface area (Å²) in [6.45, 7) is 20.9. The van der Waals surface area contributed by atoms with Gasteiger partial charge in [-0.1, -0.05) is 55.4 Å². The zero-order chi connectivity index (χ0) is 52.0. The molecule has 5 rings (SSSR count). The van der Waals surface area contributed by atoms with Gasteiger partial charge in [-0.15, -0.1) is 5.10 Å². The number of aliphatic hydroxyl groups excluding tert-OH is 3. The van der Waals surface area contributed by atoms with E-state index in [-0.39, 0.29) is 31.3 Å². The van der Waals surface area contributed by atoms with E-state index in [0.29, 0.717) is 38.2 Å². The van der Waals surface area contributed by atoms with Crippen molar-refractivity contribution in [2.45, 2.75) is 212 Å². The van der Waals surface area contributed by atoms with E-state index in [2.05, 4.69) is 20.4 Å². The third kappa shape index (κ3) is 13.7. The molecule has 0 unspecified atom stereocenters. The molecule has 0 amide bonds. The maximum atomic E-state index is 14.5. The topological polar surface area (TPSA) is 243 Å². The van der Waals surface area contributed by atoms with Crippen LogP contribution in [0.15, 0.2) is 35.6 Å². The molecule has 2 aromatic rings. The van der Waals surface area contributed by atoms with Gasteiger partial charge in [0.15, 0.2) is 12.6 Å². The summed E-state index contributed by atoms with van der Waals surface area (Å²) in [6.07, 6.45) is -5.78. The average Bonchev–Trinajstić information content (AvgIpc) is 3.78. The number of aryl methyl sites for hydroxylation is 2. The highest BCUT2D eigenvalue weighted by atomic mass is 16.7. The third-order valence-electron chi connectivity index (χ3n) is 15.6. The van der Waals surface area contributed by atoms with Crippen LogP contribution in [-0.2, 0) is 52.6 Å². The molecule has 0 aliphatic carbocycles. The van der Waals surface area contributed by atoms with Crippen LogP contribution in [0.2, 0.25) is 0 Å². The van der Waals surface area contributed by atoms with E-state index in [0.717, 1.165) is 23.2 Å². The van der Waals surface area contributed by atoms with Crippen molar-refractivity contribution < 1.29 is 64.0 Å². The van der Waals surface area contributed by atoms with Gasteiger partial charge in [0.25, 0.3) is 0 Å². The van der Waals surface area contributed by atoms with E-state index < -0.39 is 102 Å². The minimum atomic E-state index is -1.84. The molecular weight excluding hydrogens is 905 g/mol. The number of hydrogen-bond acceptors (Lipinski definition) is 18. The van der Waals surface area contributed by atoms with Crippen molar-refractivity contribution in [3.63, 3.8) is 0 Å². The van der Waals surface area contributed by atoms with Gasteiger partial charge in [-0.25, -0.2) is 0 Å². The minimum Gasteiger partial charge on any atom is -0.459 e. The number of esters is 1. The van der Waals surface area contributed by atoms with E-state index in [1.165, 1.54) is 14.0 Å². The number of methoxy groups -OCH3 is 1. The van der Waals surface area contributed by atoms with E-state index in [1.54, 1.807) is 48.5 Å². The van der Waals surface area contributed by atoms with Gasteiger partial charge >= 0.3 is 5.97 Å². The third-order valence-corrected chi connectivity index (χ3v) is 15.6. The Morgan fingerprint density at radius 3 is 2.27 bits per heavy atom. The molecule has 3 aliphatic heterocycles. The summed E-state index contributed by atoms with van der Waals surface area (Å²) in [5.41, 5.74) is -1.22. The molecule has 3 fully saturated rings. The molecule has 0 saturated carbocycles. The lowest BCUT2D eigenvalue weighted by Crippen LogP contribution is -2.61. The van der Waals surface area contributed by atoms with Crippen molar-refractivity contribution in [3.05, 3.63) is 47.3 Å². The Morgan fingerprint density at radius 1 is 0.971 bits per heavy atom. The number of benzene rings is 1. The molecule has 18 atom stereocenters. The summed E-state index contributed by atoms with van der Waals surface area (Å²) in [5, 5.41) is 80.8. The zero-order valence-electron chi connectivity index (χ0n) is 44.1. The van der Waals surface area contributed by atoms with Crippen molar-refractivity contribution in [2.24, 2.45) is 22.9 Å². The number of ether oxygens (including phenoxy) is 6. The quantitative estimate of drug-likeness (QED) is 0.0686. The fourth-order valence-corrected chi connectivity index (χ4v) is 10.9. The molecule has 0 spiro atoms. The fourth-order valence-electron chi connectivity index (χ4n) is 10.9. The van der Waals surface area contributed by atoms with Gasteiger partial charge in [0.05, 0.1) is 52.9 Å². The molecule has 1 aromatic carbocycles. The van der Waals surface area contributed by atoms with Crippen molar-refractivity contribution in [3.8, 4) is 0 Å². The first-order valence-electron chi connectivity index (χ1n) is 25.2. The molecule has 3 saturated heterocycles. The van der Waals surface area contributed by atoms with Crippen LogP contribution in [0.3, 0.4) is 0 Å². The Hall–Kier alpha value is -3.18. The fraction of sp³-hybridized carbons (Fsp3) is 0.804. The SMILES string of the molecule is CC[C@H]1OC(=O)[C@H](C)[C@@H](O[C@H]2C[C@@](C)(OC)[C@@H](O)[C@H](C)O2)[C@H](C)[C@@H](O[C@@H]2O[C@H](C)C[C@H](N(C)CCc3cn(CCc4ccc(/C(C)=N\O)cc4)nn3)[C@H]2O)[C@](C)(O)C[C@@H](C)CN(C)[C@H](C)[C@@H](O)[C@]1(C)O. The summed E-state index contributed by atoms with van der Waals surface area (Å²) in [5.74, 6) is -2.77. The Kier molecular flexibility index (Phi) is 20.0. The van der Waals surface area contributed by atoms with Crippen LogP contribution in [0.1, 0.15) is 119 Å². The highest BCUT2D eigenvalue weighted by Crippen LogP contribution is 2.40. The maximum absolute atomic E-state index is 14.5. The molecule has 4 heterocycles. The first-order chi connectivity index (χ1) is 32.8. The number of hydrogen-bond donors (Lipinski definition) is 6. The first kappa shape index (κ1) is 57.7. The molecule has 398 valence electrons. The van der Waals surface area contributed by atoms with E-state index >= 15 is 0 Å². The number of nitrogens with zero attached hydrogens (tertiary/aromatic N) is 6. The van der Waals surface area contributed by atoms with Gasteiger partial charge in [-0.05, 0) is 112 Å². The molecule has 19 nitrogen and oxygen atoms in total. The standard InChI is InChI=1S/C51H86N6O13/c1-15-40-51(11,63)44(59)34(7)56(13)27-29(2)25-49(9,62)46(31(4)43(32(5)47(61)68-40)69-41-26-50(10,65-14)45(60)35(8)67-41)70-48-42(58)39(24-30(3)66-48)55(12)22-21-38-28-57(54-52-38)23-20-36-16-18-37(19-17-36)33(6)53-64/h16-19,28-32,34-35,39-46,48,58-60,62-64H,15,20-27H2,1-14H3/b53-33-/t29-,30-,31+,32-,34-,35+,39+,40-,41+,42-,43+,44-,45+,46-,48+,49-,50-,51-/m1/s1. The summed E-state index contributed by atoms with van der Waals surface area (Å²) < 4.78 is 40.1. The molecule has 19 heteroatoms. The van der Waals surface area contributed by atoms with Crippen LogP contribution in [0.25, 0.3) is 0 Å². The lowest BCUT2D eigenvalue weighted by Gasteiger charge is -2.49. The molecule has 3 aliphatic rings. The van der Waals surface area contributed by atoms with Gasteiger partial charge in [0.2, 0.25) is 0 Å². The van der Waals surface area contributed by atoms with Crippen LogP contribution < -0.4 is 0 Å². The highest BCUT2D eigenvalue weighted by molar-refractivity contribution is 5.98. The van der Waals surface area contributed by atoms with E-state index in [9.17, 15) is 30.3 Å². The lowest BCUT2D eigenvalue weighted by atomic mass is 9.77. The average molecular weight is 991 g/mol. The van der Waals surface area contributed by atoms with Crippen LogP contribution in [0.5, 0.6) is 0 Å². The van der Waals surface area contributed by atoms with Crippen LogP contribution in [0, 0.1) is 17.8 Å². The first-order valence-corrected chi connectivity index (χ1v) is 25.2. The minimum absolute atomic E-state index is 0.102. The monoisotopic (exact) mass is 991 g/mol. The summed E-state index contributed by atoms with van der Waals surface area (Å²) in [7, 11) is 5.28. The predicted molar refractivity (Wildman–Crippen MR) is 261 cm³/mol. The number of cyclic esters (lactones) is 1. The Bertz CT molecular complexity index is 1990. The van der Waals surface area contributed by atoms with Gasteiger partial charge < -0.3 is 69.0 Å². The van der Waals surface area contributed by atoms with Crippen molar-refractivity contribution in [1.29, 1.82) is 0 Å². The zero-order valence-corrected chi connectivity index (χ0v) is 44.1. The second kappa shape index (κ2) is 24.2. The summed E-state index contributed by atoms with van der Waals surface area (Å²) >= 11 is 0.